The van der Waals surface area contributed by atoms with E-state index in [0.29, 0.717) is 0 Å². The van der Waals surface area contributed by atoms with Gasteiger partial charge in [0.1, 0.15) is 0 Å². The van der Waals surface area contributed by atoms with Crippen LogP contribution in [0.3, 0.4) is 0 Å². The van der Waals surface area contributed by atoms with Crippen LogP contribution in [0.15, 0.2) is 58.3 Å². The number of aliphatic hydroxyl groups is 1. The summed E-state index contributed by atoms with van der Waals surface area (Å²) in [6.45, 7) is 6.74. The molecule has 2 aromatic rings. The number of benzene rings is 2. The van der Waals surface area contributed by atoms with E-state index in [0.717, 1.165) is 10.5 Å². The Hall–Kier alpha value is -1.25. The Morgan fingerprint density at radius 3 is 2.16 bits per heavy atom. The molecule has 0 fully saturated rings. The van der Waals surface area contributed by atoms with E-state index < -0.39 is 0 Å². The van der Waals surface area contributed by atoms with Crippen LogP contribution in [0.1, 0.15) is 31.9 Å². The second kappa shape index (κ2) is 5.81. The van der Waals surface area contributed by atoms with Crippen LogP contribution in [0, 0.1) is 0 Å². The highest BCUT2D eigenvalue weighted by Gasteiger charge is 2.13. The third-order valence-corrected chi connectivity index (χ3v) is 4.22. The van der Waals surface area contributed by atoms with Gasteiger partial charge in [0, 0.05) is 9.79 Å². The average molecular weight is 272 g/mol. The number of hydrogen-bond donors (Lipinski definition) is 1. The van der Waals surface area contributed by atoms with E-state index in [-0.39, 0.29) is 12.0 Å². The maximum absolute atomic E-state index is 9.33. The van der Waals surface area contributed by atoms with E-state index in [9.17, 15) is 5.11 Å². The molecule has 0 atom stereocenters. The van der Waals surface area contributed by atoms with Crippen molar-refractivity contribution in [2.75, 3.05) is 0 Å². The molecule has 0 spiro atoms. The quantitative estimate of drug-likeness (QED) is 0.879. The van der Waals surface area contributed by atoms with Crippen molar-refractivity contribution in [3.63, 3.8) is 0 Å². The molecule has 2 aromatic carbocycles. The first-order valence-corrected chi connectivity index (χ1v) is 7.29. The topological polar surface area (TPSA) is 20.2 Å². The minimum Gasteiger partial charge on any atom is -0.392 e. The van der Waals surface area contributed by atoms with Gasteiger partial charge >= 0.3 is 0 Å². The van der Waals surface area contributed by atoms with Gasteiger partial charge in [-0.15, -0.1) is 0 Å². The highest BCUT2D eigenvalue weighted by Crippen LogP contribution is 2.32. The van der Waals surface area contributed by atoms with Crippen molar-refractivity contribution in [1.29, 1.82) is 0 Å². The van der Waals surface area contributed by atoms with Gasteiger partial charge in [-0.25, -0.2) is 0 Å². The Labute approximate surface area is 119 Å². The maximum atomic E-state index is 9.33. The van der Waals surface area contributed by atoms with Crippen molar-refractivity contribution in [3.8, 4) is 0 Å². The fourth-order valence-electron chi connectivity index (χ4n) is 1.88. The van der Waals surface area contributed by atoms with Crippen LogP contribution in [0.2, 0.25) is 0 Å². The highest BCUT2D eigenvalue weighted by molar-refractivity contribution is 7.99. The molecule has 0 saturated heterocycles. The van der Waals surface area contributed by atoms with E-state index in [1.807, 2.05) is 24.3 Å². The van der Waals surface area contributed by atoms with E-state index in [2.05, 4.69) is 45.0 Å². The van der Waals surface area contributed by atoms with Gasteiger partial charge in [-0.05, 0) is 34.7 Å². The van der Waals surface area contributed by atoms with Gasteiger partial charge in [-0.3, -0.25) is 0 Å². The zero-order valence-electron chi connectivity index (χ0n) is 11.7. The molecule has 0 aromatic heterocycles. The molecule has 0 heterocycles. The van der Waals surface area contributed by atoms with Crippen molar-refractivity contribution in [3.05, 3.63) is 59.7 Å². The van der Waals surface area contributed by atoms with Crippen molar-refractivity contribution >= 4 is 11.8 Å². The summed E-state index contributed by atoms with van der Waals surface area (Å²) in [4.78, 5) is 2.32. The summed E-state index contributed by atoms with van der Waals surface area (Å²) in [5, 5.41) is 9.33. The standard InChI is InChI=1S/C17H20OS/c1-17(2,3)14-8-10-15(11-9-14)19-16-7-5-4-6-13(16)12-18/h4-11,18H,12H2,1-3H3. The van der Waals surface area contributed by atoms with Gasteiger partial charge in [-0.2, -0.15) is 0 Å². The summed E-state index contributed by atoms with van der Waals surface area (Å²) in [6, 6.07) is 16.6. The Morgan fingerprint density at radius 2 is 1.58 bits per heavy atom. The molecule has 1 nitrogen and oxygen atoms in total. The Morgan fingerprint density at radius 1 is 0.947 bits per heavy atom. The molecule has 0 radical (unpaired) electrons. The molecular formula is C17H20OS. The van der Waals surface area contributed by atoms with E-state index in [1.165, 1.54) is 10.5 Å². The lowest BCUT2D eigenvalue weighted by atomic mass is 9.87. The van der Waals surface area contributed by atoms with Gasteiger partial charge < -0.3 is 5.11 Å². The van der Waals surface area contributed by atoms with E-state index in [1.54, 1.807) is 11.8 Å². The van der Waals surface area contributed by atoms with Crippen LogP contribution in [0.5, 0.6) is 0 Å². The number of rotatable bonds is 3. The molecule has 1 N–H and O–H groups in total. The van der Waals surface area contributed by atoms with Crippen LogP contribution < -0.4 is 0 Å². The molecule has 19 heavy (non-hydrogen) atoms. The summed E-state index contributed by atoms with van der Waals surface area (Å²) in [7, 11) is 0. The Balaban J connectivity index is 2.20. The van der Waals surface area contributed by atoms with Crippen LogP contribution in [0.25, 0.3) is 0 Å². The predicted octanol–water partition coefficient (Wildman–Crippen LogP) is 4.63. The minimum atomic E-state index is 0.0866. The molecule has 0 unspecified atom stereocenters. The normalized spacial score (nSPS) is 11.6. The van der Waals surface area contributed by atoms with Gasteiger partial charge in [0.05, 0.1) is 6.61 Å². The number of aliphatic hydroxyl groups excluding tert-OH is 1. The van der Waals surface area contributed by atoms with Crippen molar-refractivity contribution in [2.24, 2.45) is 0 Å². The highest BCUT2D eigenvalue weighted by atomic mass is 32.2. The van der Waals surface area contributed by atoms with E-state index >= 15 is 0 Å². The first-order valence-electron chi connectivity index (χ1n) is 6.48. The van der Waals surface area contributed by atoms with Crippen molar-refractivity contribution in [1.82, 2.24) is 0 Å². The van der Waals surface area contributed by atoms with Crippen LogP contribution in [0.4, 0.5) is 0 Å². The van der Waals surface area contributed by atoms with Crippen LogP contribution in [-0.4, -0.2) is 5.11 Å². The Bertz CT molecular complexity index is 538. The SMILES string of the molecule is CC(C)(C)c1ccc(Sc2ccccc2CO)cc1. The summed E-state index contributed by atoms with van der Waals surface area (Å²) in [6.07, 6.45) is 0. The zero-order chi connectivity index (χ0) is 13.9. The van der Waals surface area contributed by atoms with Gasteiger partial charge in [0.15, 0.2) is 0 Å². The zero-order valence-corrected chi connectivity index (χ0v) is 12.5. The fourth-order valence-corrected chi connectivity index (χ4v) is 2.82. The van der Waals surface area contributed by atoms with Crippen molar-refractivity contribution < 1.29 is 5.11 Å². The second-order valence-electron chi connectivity index (χ2n) is 5.64. The predicted molar refractivity (Wildman–Crippen MR) is 81.6 cm³/mol. The average Bonchev–Trinajstić information content (AvgIpc) is 2.39. The largest absolute Gasteiger partial charge is 0.392 e. The fraction of sp³-hybridized carbons (Fsp3) is 0.294. The molecule has 0 amide bonds. The second-order valence-corrected chi connectivity index (χ2v) is 6.76. The van der Waals surface area contributed by atoms with Gasteiger partial charge in [0.25, 0.3) is 0 Å². The molecule has 0 saturated carbocycles. The lowest BCUT2D eigenvalue weighted by Gasteiger charge is -2.19. The third kappa shape index (κ3) is 3.62. The minimum absolute atomic E-state index is 0.0866. The molecule has 0 aliphatic rings. The molecule has 2 rings (SSSR count). The summed E-state index contributed by atoms with van der Waals surface area (Å²) >= 11 is 1.70. The van der Waals surface area contributed by atoms with Gasteiger partial charge in [0.2, 0.25) is 0 Å². The summed E-state index contributed by atoms with van der Waals surface area (Å²) < 4.78 is 0. The first-order chi connectivity index (χ1) is 9.00. The molecule has 100 valence electrons. The Kier molecular flexibility index (Phi) is 4.33. The molecule has 0 aliphatic heterocycles. The maximum Gasteiger partial charge on any atom is 0.0692 e. The molecule has 2 heteroatoms. The van der Waals surface area contributed by atoms with Crippen molar-refractivity contribution in [2.45, 2.75) is 42.6 Å². The lowest BCUT2D eigenvalue weighted by molar-refractivity contribution is 0.279. The summed E-state index contributed by atoms with van der Waals surface area (Å²) in [5.74, 6) is 0. The first kappa shape index (κ1) is 14.2. The smallest absolute Gasteiger partial charge is 0.0692 e. The third-order valence-electron chi connectivity index (χ3n) is 3.09. The molecular weight excluding hydrogens is 252 g/mol. The van der Waals surface area contributed by atoms with E-state index in [4.69, 9.17) is 0 Å². The van der Waals surface area contributed by atoms with Gasteiger partial charge in [-0.1, -0.05) is 62.9 Å². The number of hydrogen-bond acceptors (Lipinski definition) is 2. The lowest BCUT2D eigenvalue weighted by Crippen LogP contribution is -2.10. The molecule has 0 aliphatic carbocycles. The molecule has 0 bridgehead atoms. The van der Waals surface area contributed by atoms with Crippen LogP contribution in [-0.2, 0) is 12.0 Å². The monoisotopic (exact) mass is 272 g/mol. The summed E-state index contributed by atoms with van der Waals surface area (Å²) in [5.41, 5.74) is 2.51. The van der Waals surface area contributed by atoms with Crippen LogP contribution >= 0.6 is 11.8 Å².